The van der Waals surface area contributed by atoms with Crippen LogP contribution in [-0.2, 0) is 22.5 Å². The third-order valence-electron chi connectivity index (χ3n) is 4.65. The Morgan fingerprint density at radius 1 is 1.14 bits per heavy atom. The highest BCUT2D eigenvalue weighted by atomic mass is 16.5. The number of esters is 1. The van der Waals surface area contributed by atoms with Gasteiger partial charge in [0.2, 0.25) is 0 Å². The Morgan fingerprint density at radius 2 is 1.90 bits per heavy atom. The van der Waals surface area contributed by atoms with Gasteiger partial charge in [-0.1, -0.05) is 29.8 Å². The minimum absolute atomic E-state index is 0.0963. The maximum Gasteiger partial charge on any atom is 0.326 e. The van der Waals surface area contributed by atoms with Gasteiger partial charge in [0.15, 0.2) is 0 Å². The highest BCUT2D eigenvalue weighted by Crippen LogP contribution is 2.17. The number of carbonyl (C=O) groups excluding carboxylic acids is 2. The van der Waals surface area contributed by atoms with Gasteiger partial charge >= 0.3 is 5.97 Å². The smallest absolute Gasteiger partial charge is 0.326 e. The van der Waals surface area contributed by atoms with Gasteiger partial charge in [0.05, 0.1) is 17.1 Å². The lowest BCUT2D eigenvalue weighted by Gasteiger charge is -2.12. The highest BCUT2D eigenvalue weighted by molar-refractivity contribution is 5.95. The van der Waals surface area contributed by atoms with E-state index in [2.05, 4.69) is 10.3 Å². The van der Waals surface area contributed by atoms with Gasteiger partial charge in [0, 0.05) is 18.5 Å². The van der Waals surface area contributed by atoms with E-state index in [9.17, 15) is 9.59 Å². The fourth-order valence-corrected chi connectivity index (χ4v) is 3.37. The molecule has 3 aromatic rings. The summed E-state index contributed by atoms with van der Waals surface area (Å²) in [5.74, 6) is 0.334. The number of carbonyl (C=O) groups is 2. The minimum Gasteiger partial charge on any atom is -0.462 e. The second-order valence-corrected chi connectivity index (χ2v) is 7.47. The Balaban J connectivity index is 1.73. The Bertz CT molecular complexity index is 1040. The molecule has 0 unspecified atom stereocenters. The molecular formula is C23H27N3O3. The number of fused-ring (bicyclic) bond motifs is 1. The van der Waals surface area contributed by atoms with E-state index in [1.165, 1.54) is 0 Å². The predicted molar refractivity (Wildman–Crippen MR) is 113 cm³/mol. The summed E-state index contributed by atoms with van der Waals surface area (Å²) in [6.45, 7) is 8.11. The summed E-state index contributed by atoms with van der Waals surface area (Å²) in [4.78, 5) is 29.4. The summed E-state index contributed by atoms with van der Waals surface area (Å²) in [5, 5.41) is 2.96. The van der Waals surface area contributed by atoms with Crippen LogP contribution in [0, 0.1) is 13.8 Å². The molecule has 0 saturated carbocycles. The molecule has 0 radical (unpaired) electrons. The number of amides is 1. The van der Waals surface area contributed by atoms with Gasteiger partial charge in [0.25, 0.3) is 5.91 Å². The molecule has 0 fully saturated rings. The molecule has 0 aliphatic heterocycles. The molecule has 6 heteroatoms. The lowest BCUT2D eigenvalue weighted by molar-refractivity contribution is -0.148. The first-order chi connectivity index (χ1) is 13.8. The van der Waals surface area contributed by atoms with Crippen LogP contribution in [0.4, 0.5) is 0 Å². The lowest BCUT2D eigenvalue weighted by atomic mass is 10.1. The van der Waals surface area contributed by atoms with E-state index in [0.717, 1.165) is 28.0 Å². The normalized spacial score (nSPS) is 11.1. The van der Waals surface area contributed by atoms with Gasteiger partial charge in [-0.15, -0.1) is 0 Å². The zero-order chi connectivity index (χ0) is 21.0. The van der Waals surface area contributed by atoms with Crippen molar-refractivity contribution in [1.29, 1.82) is 0 Å². The number of ether oxygens (including phenoxy) is 1. The van der Waals surface area contributed by atoms with E-state index in [1.54, 1.807) is 0 Å². The summed E-state index contributed by atoms with van der Waals surface area (Å²) in [6, 6.07) is 13.4. The topological polar surface area (TPSA) is 73.2 Å². The minimum atomic E-state index is -0.302. The number of aromatic nitrogens is 2. The number of benzene rings is 2. The van der Waals surface area contributed by atoms with Crippen molar-refractivity contribution in [2.45, 2.75) is 46.8 Å². The van der Waals surface area contributed by atoms with Crippen molar-refractivity contribution in [1.82, 2.24) is 14.9 Å². The number of nitrogens with one attached hydrogen (secondary N) is 1. The van der Waals surface area contributed by atoms with E-state index in [-0.39, 0.29) is 24.5 Å². The number of hydrogen-bond acceptors (Lipinski definition) is 4. The molecule has 152 valence electrons. The van der Waals surface area contributed by atoms with Crippen LogP contribution in [0.15, 0.2) is 42.5 Å². The molecule has 2 aromatic carbocycles. The van der Waals surface area contributed by atoms with Crippen molar-refractivity contribution in [2.24, 2.45) is 0 Å². The Labute approximate surface area is 170 Å². The first-order valence-electron chi connectivity index (χ1n) is 9.84. The number of rotatable bonds is 7. The maximum absolute atomic E-state index is 12.5. The summed E-state index contributed by atoms with van der Waals surface area (Å²) >= 11 is 0. The van der Waals surface area contributed by atoms with Crippen LogP contribution in [0.5, 0.6) is 0 Å². The molecule has 29 heavy (non-hydrogen) atoms. The summed E-state index contributed by atoms with van der Waals surface area (Å²) < 4.78 is 7.16. The number of para-hydroxylation sites is 2. The SMILES string of the molecule is Cc1ccc(C(=O)NCCc2nc3ccccc3n2CC(=O)OC(C)C)c(C)c1. The summed E-state index contributed by atoms with van der Waals surface area (Å²) in [5.41, 5.74) is 4.45. The van der Waals surface area contributed by atoms with Crippen LogP contribution in [0.25, 0.3) is 11.0 Å². The molecule has 0 spiro atoms. The van der Waals surface area contributed by atoms with Crippen LogP contribution in [0.1, 0.15) is 41.2 Å². The third kappa shape index (κ3) is 5.02. The first kappa shape index (κ1) is 20.6. The molecule has 1 amide bonds. The first-order valence-corrected chi connectivity index (χ1v) is 9.84. The van der Waals surface area contributed by atoms with Crippen molar-refractivity contribution in [3.63, 3.8) is 0 Å². The van der Waals surface area contributed by atoms with Crippen LogP contribution in [-0.4, -0.2) is 34.1 Å². The second kappa shape index (κ2) is 8.90. The zero-order valence-corrected chi connectivity index (χ0v) is 17.4. The monoisotopic (exact) mass is 393 g/mol. The van der Waals surface area contributed by atoms with Crippen molar-refractivity contribution in [3.8, 4) is 0 Å². The highest BCUT2D eigenvalue weighted by Gasteiger charge is 2.16. The van der Waals surface area contributed by atoms with Gasteiger partial charge in [-0.3, -0.25) is 9.59 Å². The van der Waals surface area contributed by atoms with E-state index < -0.39 is 0 Å². The van der Waals surface area contributed by atoms with Gasteiger partial charge in [-0.05, 0) is 51.5 Å². The summed E-state index contributed by atoms with van der Waals surface area (Å²) in [7, 11) is 0. The number of aryl methyl sites for hydroxylation is 2. The Hall–Kier alpha value is -3.15. The quantitative estimate of drug-likeness (QED) is 0.623. The van der Waals surface area contributed by atoms with E-state index in [0.29, 0.717) is 18.5 Å². The predicted octanol–water partition coefficient (Wildman–Crippen LogP) is 3.58. The van der Waals surface area contributed by atoms with Crippen LogP contribution >= 0.6 is 0 Å². The number of hydrogen-bond donors (Lipinski definition) is 1. The molecule has 3 rings (SSSR count). The molecule has 0 aliphatic carbocycles. The Kier molecular flexibility index (Phi) is 6.32. The fourth-order valence-electron chi connectivity index (χ4n) is 3.37. The molecule has 0 bridgehead atoms. The van der Waals surface area contributed by atoms with Crippen molar-refractivity contribution in [2.75, 3.05) is 6.54 Å². The van der Waals surface area contributed by atoms with E-state index in [1.807, 2.05) is 74.7 Å². The second-order valence-electron chi connectivity index (χ2n) is 7.47. The van der Waals surface area contributed by atoms with E-state index in [4.69, 9.17) is 4.74 Å². The maximum atomic E-state index is 12.5. The molecule has 1 heterocycles. The average Bonchev–Trinajstić information content (AvgIpc) is 2.98. The zero-order valence-electron chi connectivity index (χ0n) is 17.4. The lowest BCUT2D eigenvalue weighted by Crippen LogP contribution is -2.27. The standard InChI is InChI=1S/C23H27N3O3/c1-15(2)29-22(27)14-26-20-8-6-5-7-19(20)25-21(26)11-12-24-23(28)18-10-9-16(3)13-17(18)4/h5-10,13,15H,11-12,14H2,1-4H3,(H,24,28). The molecule has 1 N–H and O–H groups in total. The number of nitrogens with zero attached hydrogens (tertiary/aromatic N) is 2. The average molecular weight is 393 g/mol. The van der Waals surface area contributed by atoms with Gasteiger partial charge in [-0.2, -0.15) is 0 Å². The van der Waals surface area contributed by atoms with E-state index >= 15 is 0 Å². The van der Waals surface area contributed by atoms with Gasteiger partial charge < -0.3 is 14.6 Å². The Morgan fingerprint density at radius 3 is 2.62 bits per heavy atom. The van der Waals surface area contributed by atoms with Crippen molar-refractivity contribution >= 4 is 22.9 Å². The summed E-state index contributed by atoms with van der Waals surface area (Å²) in [6.07, 6.45) is 0.345. The number of imidazole rings is 1. The molecule has 6 nitrogen and oxygen atoms in total. The van der Waals surface area contributed by atoms with Gasteiger partial charge in [-0.25, -0.2) is 4.98 Å². The van der Waals surface area contributed by atoms with Gasteiger partial charge in [0.1, 0.15) is 12.4 Å². The third-order valence-corrected chi connectivity index (χ3v) is 4.65. The van der Waals surface area contributed by atoms with Crippen molar-refractivity contribution < 1.29 is 14.3 Å². The molecule has 1 aromatic heterocycles. The van der Waals surface area contributed by atoms with Crippen LogP contribution in [0.2, 0.25) is 0 Å². The molecular weight excluding hydrogens is 366 g/mol. The fraction of sp³-hybridized carbons (Fsp3) is 0.348. The molecule has 0 aliphatic rings. The van der Waals surface area contributed by atoms with Crippen LogP contribution in [0.3, 0.4) is 0 Å². The largest absolute Gasteiger partial charge is 0.462 e. The van der Waals surface area contributed by atoms with Crippen molar-refractivity contribution in [3.05, 3.63) is 65.0 Å². The molecule has 0 saturated heterocycles. The van der Waals surface area contributed by atoms with Crippen LogP contribution < -0.4 is 5.32 Å². The molecule has 0 atom stereocenters.